The molecule has 1 aliphatic rings. The molecule has 1 aliphatic heterocycles. The van der Waals surface area contributed by atoms with Crippen molar-refractivity contribution < 1.29 is 9.59 Å². The average Bonchev–Trinajstić information content (AvgIpc) is 2.87. The van der Waals surface area contributed by atoms with E-state index in [9.17, 15) is 9.59 Å². The number of alkyl halides is 1. The lowest BCUT2D eigenvalue weighted by Gasteiger charge is -2.17. The lowest BCUT2D eigenvalue weighted by atomic mass is 9.92. The van der Waals surface area contributed by atoms with Crippen molar-refractivity contribution in [3.05, 3.63) is 16.1 Å². The predicted octanol–water partition coefficient (Wildman–Crippen LogP) is 2.60. The van der Waals surface area contributed by atoms with Crippen molar-refractivity contribution in [3.63, 3.8) is 0 Å². The number of hydrogen-bond donors (Lipinski definition) is 0. The number of carbonyl (C=O) groups excluding carboxylic acids is 2. The van der Waals surface area contributed by atoms with E-state index >= 15 is 0 Å². The van der Waals surface area contributed by atoms with E-state index in [1.54, 1.807) is 11.3 Å². The highest BCUT2D eigenvalue weighted by atomic mass is 35.5. The Morgan fingerprint density at radius 1 is 1.47 bits per heavy atom. The van der Waals surface area contributed by atoms with Gasteiger partial charge in [0.25, 0.3) is 0 Å². The van der Waals surface area contributed by atoms with Gasteiger partial charge in [-0.3, -0.25) is 14.5 Å². The van der Waals surface area contributed by atoms with E-state index < -0.39 is 5.41 Å². The zero-order chi connectivity index (χ0) is 14.0. The number of aromatic nitrogens is 1. The fraction of sp³-hybridized carbons (Fsp3) is 0.615. The van der Waals surface area contributed by atoms with E-state index in [0.717, 1.165) is 23.5 Å². The number of hydrogen-bond acceptors (Lipinski definition) is 4. The van der Waals surface area contributed by atoms with Crippen molar-refractivity contribution in [1.82, 2.24) is 9.88 Å². The topological polar surface area (TPSA) is 50.3 Å². The zero-order valence-electron chi connectivity index (χ0n) is 11.1. The summed E-state index contributed by atoms with van der Waals surface area (Å²) >= 11 is 7.27. The Bertz CT molecular complexity index is 499. The van der Waals surface area contributed by atoms with E-state index in [1.165, 1.54) is 4.90 Å². The molecule has 2 amide bonds. The predicted molar refractivity (Wildman–Crippen MR) is 75.1 cm³/mol. The Balaban J connectivity index is 1.86. The molecule has 0 spiro atoms. The van der Waals surface area contributed by atoms with Crippen LogP contribution in [-0.2, 0) is 21.9 Å². The number of halogens is 1. The molecule has 0 aromatic carbocycles. The second-order valence-electron chi connectivity index (χ2n) is 5.38. The van der Waals surface area contributed by atoms with Crippen LogP contribution in [-0.4, -0.2) is 28.2 Å². The zero-order valence-corrected chi connectivity index (χ0v) is 12.7. The molecule has 0 bridgehead atoms. The van der Waals surface area contributed by atoms with Crippen molar-refractivity contribution in [3.8, 4) is 0 Å². The molecule has 19 heavy (non-hydrogen) atoms. The van der Waals surface area contributed by atoms with E-state index in [4.69, 9.17) is 11.6 Å². The van der Waals surface area contributed by atoms with Gasteiger partial charge < -0.3 is 0 Å². The van der Waals surface area contributed by atoms with Crippen LogP contribution in [0.1, 0.15) is 37.4 Å². The van der Waals surface area contributed by atoms with Crippen molar-refractivity contribution in [1.29, 1.82) is 0 Å². The number of likely N-dealkylation sites (tertiary alicyclic amines) is 1. The van der Waals surface area contributed by atoms with Crippen LogP contribution in [0.5, 0.6) is 0 Å². The van der Waals surface area contributed by atoms with E-state index in [2.05, 4.69) is 4.98 Å². The Kier molecular flexibility index (Phi) is 4.26. The standard InChI is InChI=1S/C13H17ClN2O2S/c1-13(2)6-11(17)16(12(13)18)5-3-4-10-15-9(7-14)8-19-10/h8H,3-7H2,1-2H3. The number of amides is 2. The van der Waals surface area contributed by atoms with Crippen LogP contribution < -0.4 is 0 Å². The molecule has 0 atom stereocenters. The van der Waals surface area contributed by atoms with Gasteiger partial charge in [-0.05, 0) is 6.42 Å². The summed E-state index contributed by atoms with van der Waals surface area (Å²) in [5.41, 5.74) is 0.348. The molecule has 0 aliphatic carbocycles. The van der Waals surface area contributed by atoms with Gasteiger partial charge >= 0.3 is 0 Å². The third-order valence-corrected chi connectivity index (χ3v) is 4.46. The minimum absolute atomic E-state index is 0.0573. The van der Waals surface area contributed by atoms with Gasteiger partial charge in [-0.15, -0.1) is 22.9 Å². The maximum absolute atomic E-state index is 12.0. The summed E-state index contributed by atoms with van der Waals surface area (Å²) in [7, 11) is 0. The highest BCUT2D eigenvalue weighted by Gasteiger charge is 2.44. The highest BCUT2D eigenvalue weighted by molar-refractivity contribution is 7.09. The summed E-state index contributed by atoms with van der Waals surface area (Å²) < 4.78 is 0. The van der Waals surface area contributed by atoms with Gasteiger partial charge in [0, 0.05) is 24.8 Å². The van der Waals surface area contributed by atoms with Crippen LogP contribution in [0.3, 0.4) is 0 Å². The normalized spacial score (nSPS) is 18.4. The van der Waals surface area contributed by atoms with E-state index in [0.29, 0.717) is 18.8 Å². The van der Waals surface area contributed by atoms with E-state index in [-0.39, 0.29) is 11.8 Å². The third kappa shape index (κ3) is 3.15. The summed E-state index contributed by atoms with van der Waals surface area (Å²) in [6.45, 7) is 4.12. The van der Waals surface area contributed by atoms with Crippen molar-refractivity contribution in [2.45, 2.75) is 39.0 Å². The van der Waals surface area contributed by atoms with Crippen molar-refractivity contribution in [2.24, 2.45) is 5.41 Å². The fourth-order valence-corrected chi connectivity index (χ4v) is 3.24. The molecule has 4 nitrogen and oxygen atoms in total. The Morgan fingerprint density at radius 2 is 2.21 bits per heavy atom. The minimum atomic E-state index is -0.538. The highest BCUT2D eigenvalue weighted by Crippen LogP contribution is 2.31. The molecule has 0 unspecified atom stereocenters. The first-order valence-electron chi connectivity index (χ1n) is 6.28. The maximum Gasteiger partial charge on any atom is 0.235 e. The van der Waals surface area contributed by atoms with Crippen molar-refractivity contribution >= 4 is 34.8 Å². The second kappa shape index (κ2) is 5.59. The van der Waals surface area contributed by atoms with Gasteiger partial charge in [-0.1, -0.05) is 13.8 Å². The van der Waals surface area contributed by atoms with Gasteiger partial charge in [-0.2, -0.15) is 0 Å². The summed E-state index contributed by atoms with van der Waals surface area (Å²) in [6.07, 6.45) is 1.85. The quantitative estimate of drug-likeness (QED) is 0.620. The van der Waals surface area contributed by atoms with Gasteiger partial charge in [-0.25, -0.2) is 4.98 Å². The summed E-state index contributed by atoms with van der Waals surface area (Å²) in [6, 6.07) is 0. The fourth-order valence-electron chi connectivity index (χ4n) is 2.17. The Labute approximate surface area is 121 Å². The number of aryl methyl sites for hydroxylation is 1. The van der Waals surface area contributed by atoms with Crippen LogP contribution in [0, 0.1) is 5.41 Å². The van der Waals surface area contributed by atoms with E-state index in [1.807, 2.05) is 19.2 Å². The minimum Gasteiger partial charge on any atom is -0.282 e. The summed E-state index contributed by atoms with van der Waals surface area (Å²) in [5, 5.41) is 2.95. The Morgan fingerprint density at radius 3 is 2.74 bits per heavy atom. The molecule has 0 radical (unpaired) electrons. The lowest BCUT2D eigenvalue weighted by Crippen LogP contribution is -2.34. The first-order chi connectivity index (χ1) is 8.94. The summed E-state index contributed by atoms with van der Waals surface area (Å²) in [5.74, 6) is 0.307. The van der Waals surface area contributed by atoms with Gasteiger partial charge in [0.05, 0.1) is 22.0 Å². The molecule has 2 rings (SSSR count). The maximum atomic E-state index is 12.0. The van der Waals surface area contributed by atoms with Gasteiger partial charge in [0.1, 0.15) is 0 Å². The van der Waals surface area contributed by atoms with Gasteiger partial charge in [0.15, 0.2) is 0 Å². The molecule has 104 valence electrons. The molecule has 0 saturated carbocycles. The van der Waals surface area contributed by atoms with Gasteiger partial charge in [0.2, 0.25) is 11.8 Å². The molecule has 6 heteroatoms. The molecule has 1 saturated heterocycles. The van der Waals surface area contributed by atoms with Crippen LogP contribution in [0.4, 0.5) is 0 Å². The largest absolute Gasteiger partial charge is 0.282 e. The lowest BCUT2D eigenvalue weighted by molar-refractivity contribution is -0.140. The number of carbonyl (C=O) groups is 2. The molecule has 2 heterocycles. The first kappa shape index (κ1) is 14.5. The average molecular weight is 301 g/mol. The Hall–Kier alpha value is -0.940. The molecular formula is C13H17ClN2O2S. The number of imide groups is 1. The van der Waals surface area contributed by atoms with Crippen LogP contribution >= 0.6 is 22.9 Å². The van der Waals surface area contributed by atoms with Crippen LogP contribution in [0.15, 0.2) is 5.38 Å². The SMILES string of the molecule is CC1(C)CC(=O)N(CCCc2nc(CCl)cs2)C1=O. The van der Waals surface area contributed by atoms with Crippen LogP contribution in [0.25, 0.3) is 0 Å². The second-order valence-corrected chi connectivity index (χ2v) is 6.59. The third-order valence-electron chi connectivity index (χ3n) is 3.23. The van der Waals surface area contributed by atoms with Crippen LogP contribution in [0.2, 0.25) is 0 Å². The van der Waals surface area contributed by atoms with Crippen molar-refractivity contribution in [2.75, 3.05) is 6.54 Å². The molecule has 1 fully saturated rings. The molecular weight excluding hydrogens is 284 g/mol. The molecule has 1 aromatic heterocycles. The smallest absolute Gasteiger partial charge is 0.235 e. The number of thiazole rings is 1. The summed E-state index contributed by atoms with van der Waals surface area (Å²) in [4.78, 5) is 29.5. The number of rotatable bonds is 5. The molecule has 1 aromatic rings. The number of nitrogens with zero attached hydrogens (tertiary/aromatic N) is 2. The first-order valence-corrected chi connectivity index (χ1v) is 7.69. The molecule has 0 N–H and O–H groups in total. The monoisotopic (exact) mass is 300 g/mol.